The molecule has 0 saturated carbocycles. The van der Waals surface area contributed by atoms with E-state index in [2.05, 4.69) is 4.98 Å². The van der Waals surface area contributed by atoms with Gasteiger partial charge in [0.2, 0.25) is 0 Å². The Morgan fingerprint density at radius 2 is 1.89 bits per heavy atom. The predicted molar refractivity (Wildman–Crippen MR) is 73.1 cm³/mol. The number of hydrogen-bond donors (Lipinski definition) is 2. The molecule has 18 heavy (non-hydrogen) atoms. The molecule has 1 heterocycles. The summed E-state index contributed by atoms with van der Waals surface area (Å²) in [6.07, 6.45) is 2.18. The standard InChI is InChI=1S/C15H18N2O/c1-11-3-5-13(6-4-11)15(2,18)10-12-7-8-17-14(16)9-12/h3-9,18H,10H2,1-2H3,(H2,16,17). The molecule has 2 rings (SSSR count). The number of benzene rings is 1. The Hall–Kier alpha value is -1.87. The number of nitrogen functional groups attached to an aromatic ring is 1. The Bertz CT molecular complexity index is 532. The molecule has 0 spiro atoms. The van der Waals surface area contributed by atoms with E-state index >= 15 is 0 Å². The third kappa shape index (κ3) is 2.87. The maximum absolute atomic E-state index is 10.6. The van der Waals surface area contributed by atoms with Gasteiger partial charge in [-0.1, -0.05) is 29.8 Å². The number of aromatic nitrogens is 1. The SMILES string of the molecule is Cc1ccc(C(C)(O)Cc2ccnc(N)c2)cc1. The number of pyridine rings is 1. The Morgan fingerprint density at radius 3 is 2.50 bits per heavy atom. The summed E-state index contributed by atoms with van der Waals surface area (Å²) in [5, 5.41) is 10.6. The van der Waals surface area contributed by atoms with Crippen molar-refractivity contribution in [3.05, 3.63) is 59.3 Å². The number of rotatable bonds is 3. The Morgan fingerprint density at radius 1 is 1.22 bits per heavy atom. The summed E-state index contributed by atoms with van der Waals surface area (Å²) in [6, 6.07) is 11.6. The first-order valence-electron chi connectivity index (χ1n) is 5.97. The average Bonchev–Trinajstić information content (AvgIpc) is 2.29. The van der Waals surface area contributed by atoms with Crippen molar-refractivity contribution in [3.8, 4) is 0 Å². The maximum atomic E-state index is 10.6. The van der Waals surface area contributed by atoms with Gasteiger partial charge in [-0.15, -0.1) is 0 Å². The fourth-order valence-electron chi connectivity index (χ4n) is 2.02. The lowest BCUT2D eigenvalue weighted by atomic mass is 9.89. The molecular weight excluding hydrogens is 224 g/mol. The second kappa shape index (κ2) is 4.78. The molecule has 0 amide bonds. The van der Waals surface area contributed by atoms with Crippen molar-refractivity contribution in [2.75, 3.05) is 5.73 Å². The molecule has 0 bridgehead atoms. The molecule has 94 valence electrons. The molecule has 0 radical (unpaired) electrons. The molecule has 0 fully saturated rings. The van der Waals surface area contributed by atoms with Crippen molar-refractivity contribution in [1.29, 1.82) is 0 Å². The van der Waals surface area contributed by atoms with E-state index < -0.39 is 5.60 Å². The Labute approximate surface area is 107 Å². The first-order valence-corrected chi connectivity index (χ1v) is 5.97. The van der Waals surface area contributed by atoms with Crippen molar-refractivity contribution in [2.24, 2.45) is 0 Å². The zero-order valence-corrected chi connectivity index (χ0v) is 10.7. The predicted octanol–water partition coefficient (Wildman–Crippen LogP) is 2.42. The average molecular weight is 242 g/mol. The van der Waals surface area contributed by atoms with Gasteiger partial charge in [-0.3, -0.25) is 0 Å². The van der Waals surface area contributed by atoms with Gasteiger partial charge >= 0.3 is 0 Å². The number of aliphatic hydroxyl groups is 1. The molecule has 0 aliphatic rings. The number of aryl methyl sites for hydroxylation is 1. The summed E-state index contributed by atoms with van der Waals surface area (Å²) >= 11 is 0. The van der Waals surface area contributed by atoms with Crippen molar-refractivity contribution in [3.63, 3.8) is 0 Å². The van der Waals surface area contributed by atoms with Gasteiger partial charge in [0.15, 0.2) is 0 Å². The molecule has 3 heteroatoms. The van der Waals surface area contributed by atoms with E-state index in [-0.39, 0.29) is 0 Å². The third-order valence-electron chi connectivity index (χ3n) is 3.07. The van der Waals surface area contributed by atoms with Crippen LogP contribution in [0.15, 0.2) is 42.6 Å². The van der Waals surface area contributed by atoms with E-state index in [4.69, 9.17) is 5.73 Å². The minimum atomic E-state index is -0.901. The lowest BCUT2D eigenvalue weighted by Crippen LogP contribution is -2.24. The van der Waals surface area contributed by atoms with Gasteiger partial charge in [0.05, 0.1) is 5.60 Å². The smallest absolute Gasteiger partial charge is 0.123 e. The van der Waals surface area contributed by atoms with Crippen LogP contribution in [0.25, 0.3) is 0 Å². The highest BCUT2D eigenvalue weighted by molar-refractivity contribution is 5.34. The summed E-state index contributed by atoms with van der Waals surface area (Å²) in [5.74, 6) is 0.479. The fraction of sp³-hybridized carbons (Fsp3) is 0.267. The van der Waals surface area contributed by atoms with Crippen molar-refractivity contribution < 1.29 is 5.11 Å². The summed E-state index contributed by atoms with van der Waals surface area (Å²) in [4.78, 5) is 3.95. The van der Waals surface area contributed by atoms with Gasteiger partial charge in [0, 0.05) is 12.6 Å². The van der Waals surface area contributed by atoms with Crippen LogP contribution in [0.4, 0.5) is 5.82 Å². The van der Waals surface area contributed by atoms with E-state index in [0.717, 1.165) is 11.1 Å². The Kier molecular flexibility index (Phi) is 3.34. The minimum Gasteiger partial charge on any atom is -0.385 e. The molecule has 3 nitrogen and oxygen atoms in total. The van der Waals surface area contributed by atoms with Crippen LogP contribution < -0.4 is 5.73 Å². The summed E-state index contributed by atoms with van der Waals surface area (Å²) in [6.45, 7) is 3.84. The third-order valence-corrected chi connectivity index (χ3v) is 3.07. The van der Waals surface area contributed by atoms with Crippen LogP contribution in [0.5, 0.6) is 0 Å². The summed E-state index contributed by atoms with van der Waals surface area (Å²) < 4.78 is 0. The van der Waals surface area contributed by atoms with Gasteiger partial charge in [-0.2, -0.15) is 0 Å². The normalized spacial score (nSPS) is 14.2. The van der Waals surface area contributed by atoms with Crippen LogP contribution in [0, 0.1) is 6.92 Å². The number of nitrogens with zero attached hydrogens (tertiary/aromatic N) is 1. The zero-order chi connectivity index (χ0) is 13.2. The van der Waals surface area contributed by atoms with Crippen molar-refractivity contribution >= 4 is 5.82 Å². The van der Waals surface area contributed by atoms with E-state index in [1.165, 1.54) is 5.56 Å². The van der Waals surface area contributed by atoms with E-state index in [1.54, 1.807) is 12.3 Å². The molecule has 1 aromatic carbocycles. The molecule has 0 saturated heterocycles. The molecule has 0 aliphatic heterocycles. The molecule has 2 aromatic rings. The van der Waals surface area contributed by atoms with Crippen LogP contribution in [0.2, 0.25) is 0 Å². The maximum Gasteiger partial charge on any atom is 0.123 e. The first kappa shape index (κ1) is 12.6. The minimum absolute atomic E-state index is 0.479. The molecule has 0 aliphatic carbocycles. The highest BCUT2D eigenvalue weighted by Crippen LogP contribution is 2.25. The molecular formula is C15H18N2O. The largest absolute Gasteiger partial charge is 0.385 e. The topological polar surface area (TPSA) is 59.1 Å². The van der Waals surface area contributed by atoms with Crippen LogP contribution in [0.1, 0.15) is 23.6 Å². The number of nitrogens with two attached hydrogens (primary N) is 1. The lowest BCUT2D eigenvalue weighted by Gasteiger charge is -2.24. The second-order valence-corrected chi connectivity index (χ2v) is 4.91. The quantitative estimate of drug-likeness (QED) is 0.869. The molecule has 1 aromatic heterocycles. The summed E-state index contributed by atoms with van der Waals surface area (Å²) in [5.41, 5.74) is 7.81. The van der Waals surface area contributed by atoms with Crippen LogP contribution in [-0.4, -0.2) is 10.1 Å². The van der Waals surface area contributed by atoms with Gasteiger partial charge in [0.25, 0.3) is 0 Å². The lowest BCUT2D eigenvalue weighted by molar-refractivity contribution is 0.0576. The first-order chi connectivity index (χ1) is 8.47. The van der Waals surface area contributed by atoms with Crippen molar-refractivity contribution in [1.82, 2.24) is 4.98 Å². The van der Waals surface area contributed by atoms with Gasteiger partial charge in [0.1, 0.15) is 5.82 Å². The van der Waals surface area contributed by atoms with Gasteiger partial charge < -0.3 is 10.8 Å². The monoisotopic (exact) mass is 242 g/mol. The molecule has 1 atom stereocenters. The zero-order valence-electron chi connectivity index (χ0n) is 10.7. The van der Waals surface area contributed by atoms with Crippen LogP contribution in [0.3, 0.4) is 0 Å². The van der Waals surface area contributed by atoms with E-state index in [9.17, 15) is 5.11 Å². The molecule has 1 unspecified atom stereocenters. The van der Waals surface area contributed by atoms with E-state index in [1.807, 2.05) is 44.2 Å². The fourth-order valence-corrected chi connectivity index (χ4v) is 2.02. The Balaban J connectivity index is 2.23. The highest BCUT2D eigenvalue weighted by Gasteiger charge is 2.23. The number of hydrogen-bond acceptors (Lipinski definition) is 3. The van der Waals surface area contributed by atoms with Gasteiger partial charge in [-0.25, -0.2) is 4.98 Å². The number of anilines is 1. The second-order valence-electron chi connectivity index (χ2n) is 4.91. The van der Waals surface area contributed by atoms with Crippen LogP contribution >= 0.6 is 0 Å². The van der Waals surface area contributed by atoms with Gasteiger partial charge in [-0.05, 0) is 37.1 Å². The van der Waals surface area contributed by atoms with E-state index in [0.29, 0.717) is 12.2 Å². The summed E-state index contributed by atoms with van der Waals surface area (Å²) in [7, 11) is 0. The van der Waals surface area contributed by atoms with Crippen LogP contribution in [-0.2, 0) is 12.0 Å². The van der Waals surface area contributed by atoms with Crippen molar-refractivity contribution in [2.45, 2.75) is 25.9 Å². The highest BCUT2D eigenvalue weighted by atomic mass is 16.3. The molecule has 3 N–H and O–H groups in total.